The first kappa shape index (κ1) is 17.7. The molecule has 0 saturated heterocycles. The smallest absolute Gasteiger partial charge is 0.290 e. The van der Waals surface area contributed by atoms with Gasteiger partial charge in [0.1, 0.15) is 18.7 Å². The quantitative estimate of drug-likeness (QED) is 0.451. The minimum Gasteiger partial charge on any atom is -0.483 e. The summed E-state index contributed by atoms with van der Waals surface area (Å²) >= 11 is 0. The summed E-state index contributed by atoms with van der Waals surface area (Å²) in [6.07, 6.45) is 3.07. The van der Waals surface area contributed by atoms with Gasteiger partial charge in [-0.3, -0.25) is 14.7 Å². The minimum atomic E-state index is -0.268. The predicted molar refractivity (Wildman–Crippen MR) is 94.5 cm³/mol. The molecular weight excluding hydrogens is 352 g/mol. The Balaban J connectivity index is 0.000000659. The first-order chi connectivity index (χ1) is 13.2. The number of fused-ring (bicyclic) bond motifs is 1. The van der Waals surface area contributed by atoms with Gasteiger partial charge in [-0.15, -0.1) is 5.10 Å². The lowest BCUT2D eigenvalue weighted by atomic mass is 10.0. The van der Waals surface area contributed by atoms with Crippen molar-refractivity contribution in [3.8, 4) is 11.1 Å². The number of rotatable bonds is 4. The number of H-pyrrole nitrogens is 1. The van der Waals surface area contributed by atoms with Crippen LogP contribution in [0.5, 0.6) is 0 Å². The van der Waals surface area contributed by atoms with E-state index in [1.807, 2.05) is 36.4 Å². The molecule has 0 unspecified atom stereocenters. The first-order valence-corrected chi connectivity index (χ1v) is 7.70. The SMILES string of the molecule is O=C(Cn1cnnn1)Nc1[nH]nc2nccc(-c3ccccc3)c12.O=CO. The molecule has 4 rings (SSSR count). The number of tetrazole rings is 1. The monoisotopic (exact) mass is 366 g/mol. The molecule has 27 heavy (non-hydrogen) atoms. The Labute approximate surface area is 152 Å². The van der Waals surface area contributed by atoms with Crippen LogP contribution in [-0.2, 0) is 16.1 Å². The lowest BCUT2D eigenvalue weighted by molar-refractivity contribution is -0.123. The first-order valence-electron chi connectivity index (χ1n) is 7.70. The third kappa shape index (κ3) is 4.10. The highest BCUT2D eigenvalue weighted by molar-refractivity contribution is 6.05. The molecule has 0 saturated carbocycles. The molecular formula is C16H14N8O3. The molecule has 4 aromatic rings. The number of pyridine rings is 1. The van der Waals surface area contributed by atoms with E-state index in [1.165, 1.54) is 11.0 Å². The number of carbonyl (C=O) groups excluding carboxylic acids is 1. The molecule has 11 nitrogen and oxygen atoms in total. The van der Waals surface area contributed by atoms with Crippen molar-refractivity contribution >= 4 is 29.2 Å². The predicted octanol–water partition coefficient (Wildman–Crippen LogP) is 0.951. The summed E-state index contributed by atoms with van der Waals surface area (Å²) < 4.78 is 1.34. The van der Waals surface area contributed by atoms with Gasteiger partial charge in [0.2, 0.25) is 5.91 Å². The molecule has 0 bridgehead atoms. The normalized spacial score (nSPS) is 10.1. The number of aromatic nitrogens is 7. The molecule has 0 spiro atoms. The standard InChI is InChI=1S/C15H12N8O.CH2O2/c24-12(8-23-9-17-21-22-23)18-15-13-11(10-4-2-1-3-5-10)6-7-16-14(13)19-20-15;2-1-3/h1-7,9H,8H2,(H2,16,18,19,20,24);1H,(H,2,3). The van der Waals surface area contributed by atoms with Crippen molar-refractivity contribution < 1.29 is 14.7 Å². The number of amides is 1. The van der Waals surface area contributed by atoms with Crippen LogP contribution in [-0.4, -0.2) is 52.9 Å². The third-order valence-corrected chi connectivity index (χ3v) is 3.50. The number of hydrogen-bond acceptors (Lipinski definition) is 7. The van der Waals surface area contributed by atoms with Gasteiger partial charge in [0.15, 0.2) is 5.65 Å². The van der Waals surface area contributed by atoms with Crippen LogP contribution in [0.4, 0.5) is 5.82 Å². The summed E-state index contributed by atoms with van der Waals surface area (Å²) in [5.41, 5.74) is 2.49. The maximum absolute atomic E-state index is 12.2. The van der Waals surface area contributed by atoms with Crippen molar-refractivity contribution in [3.05, 3.63) is 48.9 Å². The molecule has 136 valence electrons. The van der Waals surface area contributed by atoms with Gasteiger partial charge >= 0.3 is 0 Å². The molecule has 0 atom stereocenters. The van der Waals surface area contributed by atoms with Crippen molar-refractivity contribution in [1.29, 1.82) is 0 Å². The zero-order chi connectivity index (χ0) is 19.1. The van der Waals surface area contributed by atoms with Crippen LogP contribution in [0.2, 0.25) is 0 Å². The Bertz CT molecular complexity index is 1030. The fraction of sp³-hybridized carbons (Fsp3) is 0.0625. The van der Waals surface area contributed by atoms with Crippen molar-refractivity contribution in [1.82, 2.24) is 35.4 Å². The van der Waals surface area contributed by atoms with Crippen LogP contribution in [0.1, 0.15) is 0 Å². The van der Waals surface area contributed by atoms with Crippen molar-refractivity contribution in [2.24, 2.45) is 0 Å². The fourth-order valence-electron chi connectivity index (χ4n) is 2.47. The number of carboxylic acid groups (broad SMARTS) is 1. The molecule has 1 amide bonds. The van der Waals surface area contributed by atoms with Crippen LogP contribution in [0.3, 0.4) is 0 Å². The van der Waals surface area contributed by atoms with Crippen LogP contribution in [0.25, 0.3) is 22.2 Å². The molecule has 11 heteroatoms. The van der Waals surface area contributed by atoms with Gasteiger partial charge in [0, 0.05) is 6.20 Å². The van der Waals surface area contributed by atoms with E-state index in [0.717, 1.165) is 16.5 Å². The van der Waals surface area contributed by atoms with E-state index in [4.69, 9.17) is 9.90 Å². The van der Waals surface area contributed by atoms with Crippen molar-refractivity contribution in [2.45, 2.75) is 6.54 Å². The molecule has 0 aliphatic rings. The highest BCUT2D eigenvalue weighted by Crippen LogP contribution is 2.31. The highest BCUT2D eigenvalue weighted by Gasteiger charge is 2.15. The summed E-state index contributed by atoms with van der Waals surface area (Å²) in [7, 11) is 0. The summed E-state index contributed by atoms with van der Waals surface area (Å²) in [5, 5.41) is 28.1. The highest BCUT2D eigenvalue weighted by atomic mass is 16.3. The van der Waals surface area contributed by atoms with Gasteiger partial charge < -0.3 is 10.4 Å². The average molecular weight is 366 g/mol. The number of anilines is 1. The lowest BCUT2D eigenvalue weighted by Gasteiger charge is -2.06. The van der Waals surface area contributed by atoms with E-state index in [2.05, 4.69) is 36.0 Å². The second kappa shape index (κ2) is 8.29. The zero-order valence-electron chi connectivity index (χ0n) is 13.9. The Morgan fingerprint density at radius 2 is 2.04 bits per heavy atom. The molecule has 1 aromatic carbocycles. The Morgan fingerprint density at radius 1 is 1.26 bits per heavy atom. The van der Waals surface area contributed by atoms with Crippen LogP contribution < -0.4 is 5.32 Å². The number of aromatic amines is 1. The minimum absolute atomic E-state index is 0.00838. The lowest BCUT2D eigenvalue weighted by Crippen LogP contribution is -2.19. The maximum atomic E-state index is 12.2. The van der Waals surface area contributed by atoms with E-state index < -0.39 is 0 Å². The topological polar surface area (TPSA) is 152 Å². The van der Waals surface area contributed by atoms with Gasteiger partial charge in [-0.2, -0.15) is 5.10 Å². The number of carbonyl (C=O) groups is 2. The summed E-state index contributed by atoms with van der Waals surface area (Å²) in [4.78, 5) is 24.8. The Hall–Kier alpha value is -4.15. The zero-order valence-corrected chi connectivity index (χ0v) is 13.9. The molecule has 3 heterocycles. The molecule has 3 aromatic heterocycles. The van der Waals surface area contributed by atoms with Crippen LogP contribution in [0, 0.1) is 0 Å². The molecule has 0 radical (unpaired) electrons. The van der Waals surface area contributed by atoms with Crippen molar-refractivity contribution in [2.75, 3.05) is 5.32 Å². The molecule has 0 aliphatic heterocycles. The van der Waals surface area contributed by atoms with Gasteiger partial charge in [0.05, 0.1) is 5.39 Å². The van der Waals surface area contributed by atoms with E-state index in [0.29, 0.717) is 11.5 Å². The van der Waals surface area contributed by atoms with E-state index >= 15 is 0 Å². The third-order valence-electron chi connectivity index (χ3n) is 3.50. The van der Waals surface area contributed by atoms with E-state index in [-0.39, 0.29) is 18.9 Å². The van der Waals surface area contributed by atoms with Gasteiger partial charge in [-0.1, -0.05) is 30.3 Å². The average Bonchev–Trinajstić information content (AvgIpc) is 3.33. The summed E-state index contributed by atoms with van der Waals surface area (Å²) in [6, 6.07) is 11.7. The second-order valence-corrected chi connectivity index (χ2v) is 5.18. The number of hydrogen-bond donors (Lipinski definition) is 3. The van der Waals surface area contributed by atoms with Gasteiger partial charge in [0.25, 0.3) is 6.47 Å². The van der Waals surface area contributed by atoms with Gasteiger partial charge in [-0.25, -0.2) is 9.67 Å². The van der Waals surface area contributed by atoms with E-state index in [1.54, 1.807) is 6.20 Å². The van der Waals surface area contributed by atoms with E-state index in [9.17, 15) is 4.79 Å². The van der Waals surface area contributed by atoms with Crippen molar-refractivity contribution in [3.63, 3.8) is 0 Å². The number of nitrogens with zero attached hydrogens (tertiary/aromatic N) is 6. The summed E-state index contributed by atoms with van der Waals surface area (Å²) in [6.45, 7) is -0.242. The summed E-state index contributed by atoms with van der Waals surface area (Å²) in [5.74, 6) is 0.228. The van der Waals surface area contributed by atoms with Crippen LogP contribution >= 0.6 is 0 Å². The molecule has 0 fully saturated rings. The molecule has 3 N–H and O–H groups in total. The second-order valence-electron chi connectivity index (χ2n) is 5.18. The fourth-order valence-corrected chi connectivity index (χ4v) is 2.47. The number of benzene rings is 1. The molecule has 0 aliphatic carbocycles. The number of nitrogens with one attached hydrogen (secondary N) is 2. The largest absolute Gasteiger partial charge is 0.483 e. The maximum Gasteiger partial charge on any atom is 0.290 e. The Morgan fingerprint density at radius 3 is 2.74 bits per heavy atom. The van der Waals surface area contributed by atoms with Gasteiger partial charge in [-0.05, 0) is 27.6 Å². The Kier molecular flexibility index (Phi) is 5.42. The van der Waals surface area contributed by atoms with Crippen LogP contribution in [0.15, 0.2) is 48.9 Å².